The summed E-state index contributed by atoms with van der Waals surface area (Å²) in [6.07, 6.45) is 0.912. The van der Waals surface area contributed by atoms with Crippen molar-refractivity contribution in [3.63, 3.8) is 0 Å². The number of aromatic nitrogens is 6. The normalized spacial score (nSPS) is 10.9. The molecule has 4 aromatic heterocycles. The molecule has 0 bridgehead atoms. The average molecular weight is 459 g/mol. The van der Waals surface area contributed by atoms with E-state index in [1.807, 2.05) is 19.0 Å². The third-order valence-corrected chi connectivity index (χ3v) is 6.53. The Bertz CT molecular complexity index is 1090. The lowest BCUT2D eigenvalue weighted by Crippen LogP contribution is -2.10. The SMILES string of the molecule is Cc1ccc(CNc2n[nH]c(NCCc3ccc(CNc4nc(N(C)C)n[nH]4)s3)n2)s1. The highest BCUT2D eigenvalue weighted by Gasteiger charge is 2.07. The van der Waals surface area contributed by atoms with E-state index in [4.69, 9.17) is 0 Å². The van der Waals surface area contributed by atoms with E-state index >= 15 is 0 Å². The summed E-state index contributed by atoms with van der Waals surface area (Å²) in [4.78, 5) is 15.8. The number of aryl methyl sites for hydroxylation is 1. The lowest BCUT2D eigenvalue weighted by Gasteiger charge is -2.03. The summed E-state index contributed by atoms with van der Waals surface area (Å²) in [5.41, 5.74) is 0. The van der Waals surface area contributed by atoms with Crippen LogP contribution in [0.15, 0.2) is 24.3 Å². The van der Waals surface area contributed by atoms with E-state index in [-0.39, 0.29) is 0 Å². The maximum atomic E-state index is 4.44. The van der Waals surface area contributed by atoms with Crippen LogP contribution in [0, 0.1) is 6.92 Å². The van der Waals surface area contributed by atoms with E-state index in [9.17, 15) is 0 Å². The summed E-state index contributed by atoms with van der Waals surface area (Å²) in [5, 5.41) is 24.0. The molecular formula is C19H26N10S2. The van der Waals surface area contributed by atoms with E-state index in [0.717, 1.165) is 19.5 Å². The van der Waals surface area contributed by atoms with Gasteiger partial charge in [0.2, 0.25) is 23.8 Å². The highest BCUT2D eigenvalue weighted by molar-refractivity contribution is 7.12. The minimum Gasteiger partial charge on any atom is -0.354 e. The number of nitrogens with one attached hydrogen (secondary N) is 5. The van der Waals surface area contributed by atoms with Gasteiger partial charge in [-0.15, -0.1) is 32.9 Å². The van der Waals surface area contributed by atoms with Gasteiger partial charge in [-0.2, -0.15) is 9.97 Å². The second-order valence-electron chi connectivity index (χ2n) is 7.15. The van der Waals surface area contributed by atoms with Crippen molar-refractivity contribution >= 4 is 46.5 Å². The van der Waals surface area contributed by atoms with Crippen LogP contribution < -0.4 is 20.9 Å². The zero-order chi connectivity index (χ0) is 21.6. The first-order valence-electron chi connectivity index (χ1n) is 9.92. The number of nitrogens with zero attached hydrogens (tertiary/aromatic N) is 5. The van der Waals surface area contributed by atoms with E-state index in [0.29, 0.717) is 30.3 Å². The molecule has 5 N–H and O–H groups in total. The van der Waals surface area contributed by atoms with Gasteiger partial charge in [0.15, 0.2) is 0 Å². The molecule has 0 aliphatic carbocycles. The molecular weight excluding hydrogens is 432 g/mol. The van der Waals surface area contributed by atoms with Crippen molar-refractivity contribution in [2.75, 3.05) is 41.5 Å². The molecule has 0 saturated heterocycles. The lowest BCUT2D eigenvalue weighted by atomic mass is 10.3. The third-order valence-electron chi connectivity index (χ3n) is 4.39. The Morgan fingerprint density at radius 1 is 0.839 bits per heavy atom. The van der Waals surface area contributed by atoms with Gasteiger partial charge in [-0.25, -0.2) is 10.2 Å². The molecule has 0 atom stereocenters. The number of hydrogen-bond donors (Lipinski definition) is 5. The van der Waals surface area contributed by atoms with Gasteiger partial charge in [0, 0.05) is 40.1 Å². The first-order valence-corrected chi connectivity index (χ1v) is 11.5. The first kappa shape index (κ1) is 21.1. The predicted molar refractivity (Wildman–Crippen MR) is 127 cm³/mol. The van der Waals surface area contributed by atoms with Crippen molar-refractivity contribution in [2.45, 2.75) is 26.4 Å². The van der Waals surface area contributed by atoms with E-state index in [2.05, 4.69) is 77.5 Å². The molecule has 0 aliphatic rings. The van der Waals surface area contributed by atoms with Crippen molar-refractivity contribution in [1.82, 2.24) is 30.4 Å². The van der Waals surface area contributed by atoms with Crippen molar-refractivity contribution < 1.29 is 0 Å². The molecule has 4 rings (SSSR count). The number of H-pyrrole nitrogens is 2. The quantitative estimate of drug-likeness (QED) is 0.232. The Morgan fingerprint density at radius 3 is 2.32 bits per heavy atom. The number of anilines is 4. The first-order chi connectivity index (χ1) is 15.0. The molecule has 4 aromatic rings. The smallest absolute Gasteiger partial charge is 0.245 e. The van der Waals surface area contributed by atoms with Crippen molar-refractivity contribution in [1.29, 1.82) is 0 Å². The van der Waals surface area contributed by atoms with Gasteiger partial charge in [0.05, 0.1) is 13.1 Å². The van der Waals surface area contributed by atoms with Gasteiger partial charge >= 0.3 is 0 Å². The second-order valence-corrected chi connectivity index (χ2v) is 9.78. The summed E-state index contributed by atoms with van der Waals surface area (Å²) in [5.74, 6) is 2.60. The number of aromatic amines is 2. The van der Waals surface area contributed by atoms with E-state index < -0.39 is 0 Å². The average Bonchev–Trinajstić information content (AvgIpc) is 3.53. The Balaban J connectivity index is 1.18. The van der Waals surface area contributed by atoms with Crippen LogP contribution in [0.4, 0.5) is 23.8 Å². The van der Waals surface area contributed by atoms with Crippen LogP contribution in [0.3, 0.4) is 0 Å². The van der Waals surface area contributed by atoms with Crippen LogP contribution in [0.25, 0.3) is 0 Å². The van der Waals surface area contributed by atoms with Crippen molar-refractivity contribution in [2.24, 2.45) is 0 Å². The van der Waals surface area contributed by atoms with Crippen LogP contribution in [-0.2, 0) is 19.5 Å². The molecule has 0 aromatic carbocycles. The number of hydrogen-bond acceptors (Lipinski definition) is 10. The number of thiophene rings is 2. The van der Waals surface area contributed by atoms with Crippen LogP contribution in [0.1, 0.15) is 19.5 Å². The van der Waals surface area contributed by atoms with E-state index in [1.54, 1.807) is 22.7 Å². The Kier molecular flexibility index (Phi) is 6.67. The monoisotopic (exact) mass is 458 g/mol. The maximum Gasteiger partial charge on any atom is 0.245 e. The molecule has 0 amide bonds. The molecule has 164 valence electrons. The zero-order valence-electron chi connectivity index (χ0n) is 17.7. The fraction of sp³-hybridized carbons (Fsp3) is 0.368. The summed E-state index contributed by atoms with van der Waals surface area (Å²) < 4.78 is 0. The molecule has 0 saturated carbocycles. The van der Waals surface area contributed by atoms with Crippen LogP contribution in [-0.4, -0.2) is 51.0 Å². The van der Waals surface area contributed by atoms with Gasteiger partial charge in [-0.05, 0) is 37.6 Å². The molecule has 31 heavy (non-hydrogen) atoms. The summed E-state index contributed by atoms with van der Waals surface area (Å²) in [6, 6.07) is 8.54. The highest BCUT2D eigenvalue weighted by atomic mass is 32.1. The molecule has 0 spiro atoms. The standard InChI is InChI=1S/C19H26N10S2/c1-12-4-5-14(30-12)10-21-17-23-16(25-26-17)20-9-8-13-6-7-15(31-13)11-22-18-24-19(28-27-18)29(2)3/h4-7H,8-11H2,1-3H3,(H2,22,24,27,28)(H3,20,21,23,25,26). The second kappa shape index (κ2) is 9.79. The van der Waals surface area contributed by atoms with Gasteiger partial charge in [0.1, 0.15) is 0 Å². The van der Waals surface area contributed by atoms with Crippen molar-refractivity contribution in [3.05, 3.63) is 43.8 Å². The minimum absolute atomic E-state index is 0.600. The fourth-order valence-electron chi connectivity index (χ4n) is 2.82. The van der Waals surface area contributed by atoms with Gasteiger partial charge in [-0.3, -0.25) is 0 Å². The van der Waals surface area contributed by atoms with Gasteiger partial charge in [0.25, 0.3) is 0 Å². The molecule has 0 radical (unpaired) electrons. The van der Waals surface area contributed by atoms with Crippen molar-refractivity contribution in [3.8, 4) is 0 Å². The fourth-order valence-corrected chi connectivity index (χ4v) is 4.61. The third kappa shape index (κ3) is 5.95. The molecule has 0 unspecified atom stereocenters. The summed E-state index contributed by atoms with van der Waals surface area (Å²) >= 11 is 3.55. The molecule has 0 fully saturated rings. The molecule has 0 aliphatic heterocycles. The minimum atomic E-state index is 0.600. The van der Waals surface area contributed by atoms with E-state index in [1.165, 1.54) is 19.5 Å². The maximum absolute atomic E-state index is 4.44. The summed E-state index contributed by atoms with van der Waals surface area (Å²) in [7, 11) is 3.82. The van der Waals surface area contributed by atoms with Gasteiger partial charge < -0.3 is 20.9 Å². The largest absolute Gasteiger partial charge is 0.354 e. The van der Waals surface area contributed by atoms with Crippen LogP contribution in [0.5, 0.6) is 0 Å². The molecule has 10 nitrogen and oxygen atoms in total. The van der Waals surface area contributed by atoms with Gasteiger partial charge in [-0.1, -0.05) is 0 Å². The Hall–Kier alpha value is -3.12. The number of rotatable bonds is 11. The zero-order valence-corrected chi connectivity index (χ0v) is 19.3. The Labute approximate surface area is 188 Å². The lowest BCUT2D eigenvalue weighted by molar-refractivity contribution is 0.997. The van der Waals surface area contributed by atoms with Crippen LogP contribution in [0.2, 0.25) is 0 Å². The predicted octanol–water partition coefficient (Wildman–Crippen LogP) is 3.30. The Morgan fingerprint density at radius 2 is 1.55 bits per heavy atom. The molecule has 12 heteroatoms. The van der Waals surface area contributed by atoms with Crippen LogP contribution >= 0.6 is 22.7 Å². The highest BCUT2D eigenvalue weighted by Crippen LogP contribution is 2.19. The molecule has 4 heterocycles. The topological polar surface area (TPSA) is 122 Å². The summed E-state index contributed by atoms with van der Waals surface area (Å²) in [6.45, 7) is 4.32.